The minimum atomic E-state index is 0.704. The van der Waals surface area contributed by atoms with Crippen LogP contribution < -0.4 is 0 Å². The molecular weight excluding hydrogens is 919 g/mol. The predicted octanol–water partition coefficient (Wildman–Crippen LogP) is 13.1. The van der Waals surface area contributed by atoms with Gasteiger partial charge in [-0.3, -0.25) is 24.5 Å². The van der Waals surface area contributed by atoms with E-state index in [9.17, 15) is 0 Å². The highest BCUT2D eigenvalue weighted by Gasteiger charge is 2.41. The number of likely N-dealkylation sites (tertiary alicyclic amines) is 4. The van der Waals surface area contributed by atoms with Crippen molar-refractivity contribution >= 4 is 0 Å². The zero-order valence-electron chi connectivity index (χ0n) is 55.3. The molecule has 75 heavy (non-hydrogen) atoms. The Kier molecular flexibility index (Phi) is 34.5. The molecule has 446 valence electrons. The molecule has 0 aromatic carbocycles. The van der Waals surface area contributed by atoms with E-state index in [1.165, 1.54) is 150 Å². The summed E-state index contributed by atoms with van der Waals surface area (Å²) in [5.74, 6) is 6.41. The summed E-state index contributed by atoms with van der Waals surface area (Å²) < 4.78 is 0. The SMILES string of the molecule is CC(C)C1=CCN(C(C)C)CC1.CC(C)C1CCN(C(C)C)CC1.CC(C)C1CCN(C(C)C)CC1.CC(C)N1CC2CN(C(C)C)CC2C1.CC(C)N1CCCN(C(C)C)CC1.CC(C)N1CCN(C(C)C)CC1. The maximum Gasteiger partial charge on any atom is 0.0168 e. The lowest BCUT2D eigenvalue weighted by molar-refractivity contribution is 0.0887. The van der Waals surface area contributed by atoms with E-state index in [0.717, 1.165) is 84.2 Å². The van der Waals surface area contributed by atoms with Crippen molar-refractivity contribution in [2.45, 2.75) is 259 Å². The van der Waals surface area contributed by atoms with E-state index in [1.54, 1.807) is 5.57 Å². The average Bonchev–Trinajstić information content (AvgIpc) is 3.86. The molecule has 0 atom stereocenters. The van der Waals surface area contributed by atoms with E-state index >= 15 is 0 Å². The second-order valence-corrected chi connectivity index (χ2v) is 28.2. The Balaban J connectivity index is 0.000000308. The lowest BCUT2D eigenvalue weighted by Gasteiger charge is -2.38. The van der Waals surface area contributed by atoms with Gasteiger partial charge in [0.2, 0.25) is 0 Å². The van der Waals surface area contributed by atoms with Gasteiger partial charge in [0, 0.05) is 133 Å². The quantitative estimate of drug-likeness (QED) is 0.177. The molecule has 0 aromatic rings. The van der Waals surface area contributed by atoms with Gasteiger partial charge in [-0.15, -0.1) is 0 Å². The summed E-state index contributed by atoms with van der Waals surface area (Å²) >= 11 is 0. The molecule has 7 aliphatic rings. The van der Waals surface area contributed by atoms with Crippen molar-refractivity contribution in [2.75, 3.05) is 118 Å². The third-order valence-electron chi connectivity index (χ3n) is 19.1. The Labute approximate surface area is 472 Å². The highest BCUT2D eigenvalue weighted by Crippen LogP contribution is 2.33. The van der Waals surface area contributed by atoms with Crippen LogP contribution in [-0.4, -0.2) is 216 Å². The molecule has 9 nitrogen and oxygen atoms in total. The monoisotopic (exact) mass is 1060 g/mol. The highest BCUT2D eigenvalue weighted by atomic mass is 15.3. The Morgan fingerprint density at radius 1 is 0.293 bits per heavy atom. The minimum absolute atomic E-state index is 0.704. The van der Waals surface area contributed by atoms with Gasteiger partial charge in [-0.25, -0.2) is 0 Å². The van der Waals surface area contributed by atoms with Crippen LogP contribution in [0.1, 0.15) is 205 Å². The molecule has 0 bridgehead atoms. The summed E-state index contributed by atoms with van der Waals surface area (Å²) in [5, 5.41) is 0. The molecule has 0 aliphatic carbocycles. The standard InChI is InChI=1S/C12H24N2.C11H24N2.2C11H23N.C11H21N.C10H22N2/c1-9(2)13-5-11-7-14(10(3)4)8-12(11)6-13;1-10(2)12-6-5-7-13(9-8-12)11(3)4;4*1-9(2)11-5-7-12(8-6-11)10(3)4/h9-12H,5-8H2,1-4H3;10-11H,5-9H2,1-4H3;2*9-11H,5-8H2,1-4H3;5,9-10H,6-8H2,1-4H3;9-10H,5-8H2,1-4H3. The van der Waals surface area contributed by atoms with Crippen LogP contribution in [0.5, 0.6) is 0 Å². The molecule has 0 spiro atoms. The maximum absolute atomic E-state index is 2.65. The molecule has 0 amide bonds. The Morgan fingerprint density at radius 2 is 0.547 bits per heavy atom. The zero-order chi connectivity index (χ0) is 56.7. The first kappa shape index (κ1) is 70.5. The first-order valence-electron chi connectivity index (χ1n) is 32.5. The van der Waals surface area contributed by atoms with E-state index in [-0.39, 0.29) is 0 Å². The van der Waals surface area contributed by atoms with Crippen molar-refractivity contribution in [3.8, 4) is 0 Å². The van der Waals surface area contributed by atoms with Gasteiger partial charge in [0.15, 0.2) is 0 Å². The molecular formula is C66H137N9. The normalized spacial score (nSPS) is 24.5. The molecule has 9 heteroatoms. The van der Waals surface area contributed by atoms with E-state index in [1.807, 2.05) is 0 Å². The summed E-state index contributed by atoms with van der Waals surface area (Å²) in [6.07, 6.45) is 10.7. The summed E-state index contributed by atoms with van der Waals surface area (Å²) in [7, 11) is 0. The van der Waals surface area contributed by atoms with Gasteiger partial charge in [0.05, 0.1) is 0 Å². The number of nitrogens with zero attached hydrogens (tertiary/aromatic N) is 9. The van der Waals surface area contributed by atoms with Crippen molar-refractivity contribution in [1.82, 2.24) is 44.1 Å². The topological polar surface area (TPSA) is 29.2 Å². The number of fused-ring (bicyclic) bond motifs is 1. The smallest absolute Gasteiger partial charge is 0.0168 e. The summed E-state index contributed by atoms with van der Waals surface area (Å²) in [5.41, 5.74) is 1.65. The number of hydrogen-bond acceptors (Lipinski definition) is 9. The van der Waals surface area contributed by atoms with Crippen molar-refractivity contribution in [3.05, 3.63) is 11.6 Å². The van der Waals surface area contributed by atoms with Crippen LogP contribution in [0.15, 0.2) is 11.6 Å². The molecule has 7 rings (SSSR count). The van der Waals surface area contributed by atoms with Gasteiger partial charge in [0.1, 0.15) is 0 Å². The van der Waals surface area contributed by atoms with E-state index in [4.69, 9.17) is 0 Å². The maximum atomic E-state index is 2.65. The van der Waals surface area contributed by atoms with Crippen molar-refractivity contribution < 1.29 is 0 Å². The van der Waals surface area contributed by atoms with Crippen LogP contribution in [-0.2, 0) is 0 Å². The second-order valence-electron chi connectivity index (χ2n) is 28.2. The largest absolute Gasteiger partial charge is 0.301 e. The number of hydrogen-bond donors (Lipinski definition) is 0. The van der Waals surface area contributed by atoms with Crippen LogP contribution in [0.2, 0.25) is 0 Å². The molecule has 7 heterocycles. The van der Waals surface area contributed by atoms with Crippen LogP contribution >= 0.6 is 0 Å². The summed E-state index contributed by atoms with van der Waals surface area (Å²) in [6.45, 7) is 78.4. The minimum Gasteiger partial charge on any atom is -0.301 e. The first-order chi connectivity index (χ1) is 35.1. The highest BCUT2D eigenvalue weighted by molar-refractivity contribution is 5.09. The molecule has 6 saturated heterocycles. The van der Waals surface area contributed by atoms with Gasteiger partial charge >= 0.3 is 0 Å². The molecule has 0 aromatic heterocycles. The first-order valence-corrected chi connectivity index (χ1v) is 32.5. The van der Waals surface area contributed by atoms with Gasteiger partial charge in [0.25, 0.3) is 0 Å². The van der Waals surface area contributed by atoms with Gasteiger partial charge < -0.3 is 19.6 Å². The Morgan fingerprint density at radius 3 is 0.760 bits per heavy atom. The van der Waals surface area contributed by atoms with E-state index < -0.39 is 0 Å². The fourth-order valence-electron chi connectivity index (χ4n) is 12.6. The van der Waals surface area contributed by atoms with Crippen molar-refractivity contribution in [3.63, 3.8) is 0 Å². The van der Waals surface area contributed by atoms with Crippen LogP contribution in [0.4, 0.5) is 0 Å². The van der Waals surface area contributed by atoms with E-state index in [2.05, 4.69) is 216 Å². The van der Waals surface area contributed by atoms with E-state index in [0.29, 0.717) is 18.1 Å². The zero-order valence-corrected chi connectivity index (χ0v) is 55.3. The molecule has 0 N–H and O–H groups in total. The Hall–Kier alpha value is -0.620. The van der Waals surface area contributed by atoms with Crippen molar-refractivity contribution in [1.29, 1.82) is 0 Å². The van der Waals surface area contributed by atoms with Crippen LogP contribution in [0, 0.1) is 41.4 Å². The Bertz CT molecular complexity index is 1250. The fraction of sp³-hybridized carbons (Fsp3) is 0.970. The second kappa shape index (κ2) is 36.7. The van der Waals surface area contributed by atoms with Gasteiger partial charge in [-0.1, -0.05) is 53.2 Å². The van der Waals surface area contributed by atoms with Crippen LogP contribution in [0.25, 0.3) is 0 Å². The molecule has 6 fully saturated rings. The molecule has 0 unspecified atom stereocenters. The molecule has 0 radical (unpaired) electrons. The molecule has 7 aliphatic heterocycles. The fourth-order valence-corrected chi connectivity index (χ4v) is 12.6. The lowest BCUT2D eigenvalue weighted by atomic mass is 9.86. The third-order valence-corrected chi connectivity index (χ3v) is 19.1. The van der Waals surface area contributed by atoms with Crippen LogP contribution in [0.3, 0.4) is 0 Å². The number of piperidine rings is 2. The number of piperazine rings is 1. The third kappa shape index (κ3) is 26.7. The lowest BCUT2D eigenvalue weighted by Crippen LogP contribution is -2.50. The summed E-state index contributed by atoms with van der Waals surface area (Å²) in [4.78, 5) is 23.3. The number of rotatable bonds is 12. The average molecular weight is 1060 g/mol. The predicted molar refractivity (Wildman–Crippen MR) is 335 cm³/mol. The van der Waals surface area contributed by atoms with Gasteiger partial charge in [-0.2, -0.15) is 0 Å². The summed E-state index contributed by atoms with van der Waals surface area (Å²) in [6, 6.07) is 6.56. The molecule has 0 saturated carbocycles. The van der Waals surface area contributed by atoms with Gasteiger partial charge in [-0.05, 0) is 244 Å². The van der Waals surface area contributed by atoms with Crippen molar-refractivity contribution in [2.24, 2.45) is 41.4 Å².